The number of hydrogen-bond donors (Lipinski definition) is 2. The first kappa shape index (κ1) is 20.2. The Kier molecular flexibility index (Phi) is 5.09. The maximum absolute atomic E-state index is 12.6. The van der Waals surface area contributed by atoms with Crippen LogP contribution in [0.3, 0.4) is 0 Å². The summed E-state index contributed by atoms with van der Waals surface area (Å²) in [7, 11) is 0. The molecule has 6 heteroatoms. The molecule has 2 saturated carbocycles. The highest BCUT2D eigenvalue weighted by molar-refractivity contribution is 5.84. The molecular formula is C23H31NO5. The summed E-state index contributed by atoms with van der Waals surface area (Å²) >= 11 is 0. The lowest BCUT2D eigenvalue weighted by Gasteiger charge is -2.59. The van der Waals surface area contributed by atoms with Gasteiger partial charge in [0.1, 0.15) is 12.2 Å². The number of carbonyl (C=O) groups excluding carboxylic acids is 2. The Balaban J connectivity index is 1.50. The highest BCUT2D eigenvalue weighted by atomic mass is 16.6. The number of nitrogens with one attached hydrogen (secondary N) is 1. The lowest BCUT2D eigenvalue weighted by molar-refractivity contribution is -0.174. The third-order valence-electron chi connectivity index (χ3n) is 7.87. The number of aliphatic hydroxyl groups excluding tert-OH is 1. The summed E-state index contributed by atoms with van der Waals surface area (Å²) in [6.07, 6.45) is 2.79. The first-order valence-corrected chi connectivity index (χ1v) is 10.6. The van der Waals surface area contributed by atoms with Crippen LogP contribution < -0.4 is 5.32 Å². The molecule has 2 aliphatic carbocycles. The van der Waals surface area contributed by atoms with Crippen LogP contribution in [0.15, 0.2) is 24.3 Å². The van der Waals surface area contributed by atoms with Crippen molar-refractivity contribution in [3.05, 3.63) is 29.8 Å². The molecule has 4 rings (SSSR count). The highest BCUT2D eigenvalue weighted by Crippen LogP contribution is 2.62. The molecule has 3 aliphatic rings. The van der Waals surface area contributed by atoms with Crippen LogP contribution in [-0.4, -0.2) is 36.0 Å². The normalized spacial score (nSPS) is 38.6. The van der Waals surface area contributed by atoms with E-state index in [9.17, 15) is 14.7 Å². The van der Waals surface area contributed by atoms with Crippen molar-refractivity contribution in [1.82, 2.24) is 0 Å². The lowest BCUT2D eigenvalue weighted by Crippen LogP contribution is -2.59. The molecule has 1 aliphatic heterocycles. The Morgan fingerprint density at radius 1 is 1.24 bits per heavy atom. The van der Waals surface area contributed by atoms with E-state index in [0.29, 0.717) is 18.5 Å². The molecule has 158 valence electrons. The van der Waals surface area contributed by atoms with Gasteiger partial charge in [-0.2, -0.15) is 0 Å². The molecule has 0 bridgehead atoms. The average Bonchev–Trinajstić information content (AvgIpc) is 3.08. The zero-order valence-electron chi connectivity index (χ0n) is 17.4. The zero-order chi connectivity index (χ0) is 20.8. The molecule has 2 N–H and O–H groups in total. The van der Waals surface area contributed by atoms with Crippen molar-refractivity contribution in [3.63, 3.8) is 0 Å². The summed E-state index contributed by atoms with van der Waals surface area (Å²) in [5, 5.41) is 13.2. The number of rotatable bonds is 3. The van der Waals surface area contributed by atoms with Gasteiger partial charge in [-0.3, -0.25) is 10.1 Å². The van der Waals surface area contributed by atoms with Gasteiger partial charge in [-0.05, 0) is 56.1 Å². The number of carbonyl (C=O) groups is 2. The molecule has 0 spiro atoms. The number of benzene rings is 1. The van der Waals surface area contributed by atoms with Crippen LogP contribution in [0.2, 0.25) is 0 Å². The van der Waals surface area contributed by atoms with Gasteiger partial charge < -0.3 is 14.6 Å². The Morgan fingerprint density at radius 3 is 2.66 bits per heavy atom. The molecule has 0 unspecified atom stereocenters. The number of aryl methyl sites for hydroxylation is 1. The zero-order valence-corrected chi connectivity index (χ0v) is 17.4. The van der Waals surface area contributed by atoms with Crippen molar-refractivity contribution in [2.24, 2.45) is 22.7 Å². The number of anilines is 1. The number of ether oxygens (including phenoxy) is 2. The van der Waals surface area contributed by atoms with E-state index in [4.69, 9.17) is 9.47 Å². The molecule has 0 radical (unpaired) electrons. The second-order valence-corrected chi connectivity index (χ2v) is 9.56. The van der Waals surface area contributed by atoms with E-state index in [2.05, 4.69) is 12.2 Å². The Labute approximate surface area is 172 Å². The third-order valence-corrected chi connectivity index (χ3v) is 7.87. The monoisotopic (exact) mass is 401 g/mol. The quantitative estimate of drug-likeness (QED) is 0.747. The van der Waals surface area contributed by atoms with E-state index in [-0.39, 0.29) is 42.0 Å². The van der Waals surface area contributed by atoms with E-state index in [0.717, 1.165) is 24.8 Å². The van der Waals surface area contributed by atoms with Gasteiger partial charge >= 0.3 is 12.1 Å². The number of aliphatic hydroxyl groups is 1. The van der Waals surface area contributed by atoms with E-state index in [1.54, 1.807) is 0 Å². The van der Waals surface area contributed by atoms with Gasteiger partial charge in [0.25, 0.3) is 0 Å². The van der Waals surface area contributed by atoms with Gasteiger partial charge in [0, 0.05) is 17.0 Å². The topological polar surface area (TPSA) is 84.9 Å². The average molecular weight is 402 g/mol. The fourth-order valence-corrected chi connectivity index (χ4v) is 6.20. The SMILES string of the molecule is Cc1ccc(NC(=O)O[C@H]2CC[C@@]3(C)[C@H](CC[C@@H]4OC(=O)C[C@H]43)[C@]2(C)CO)cc1. The summed E-state index contributed by atoms with van der Waals surface area (Å²) in [4.78, 5) is 24.5. The largest absolute Gasteiger partial charge is 0.462 e. The van der Waals surface area contributed by atoms with E-state index in [1.165, 1.54) is 0 Å². The molecule has 0 aromatic heterocycles. The number of fused-ring (bicyclic) bond motifs is 3. The first-order chi connectivity index (χ1) is 13.8. The minimum atomic E-state index is -0.547. The minimum Gasteiger partial charge on any atom is -0.462 e. The fourth-order valence-electron chi connectivity index (χ4n) is 6.20. The third kappa shape index (κ3) is 3.41. The molecule has 29 heavy (non-hydrogen) atoms. The van der Waals surface area contributed by atoms with Crippen LogP contribution in [0.25, 0.3) is 0 Å². The maximum atomic E-state index is 12.6. The summed E-state index contributed by atoms with van der Waals surface area (Å²) < 4.78 is 11.4. The van der Waals surface area contributed by atoms with Crippen molar-refractivity contribution in [3.8, 4) is 0 Å². The predicted molar refractivity (Wildman–Crippen MR) is 108 cm³/mol. The molecule has 6 atom stereocenters. The van der Waals surface area contributed by atoms with E-state index in [1.807, 2.05) is 38.1 Å². The lowest BCUT2D eigenvalue weighted by atomic mass is 9.46. The second kappa shape index (κ2) is 7.31. The summed E-state index contributed by atoms with van der Waals surface area (Å²) in [6.45, 7) is 6.19. The van der Waals surface area contributed by atoms with Gasteiger partial charge in [0.05, 0.1) is 13.0 Å². The Morgan fingerprint density at radius 2 is 1.97 bits per heavy atom. The van der Waals surface area contributed by atoms with E-state index >= 15 is 0 Å². The van der Waals surface area contributed by atoms with Crippen LogP contribution >= 0.6 is 0 Å². The van der Waals surface area contributed by atoms with Gasteiger partial charge in [0.15, 0.2) is 0 Å². The molecule has 1 heterocycles. The molecule has 1 saturated heterocycles. The van der Waals surface area contributed by atoms with Crippen LogP contribution in [-0.2, 0) is 14.3 Å². The van der Waals surface area contributed by atoms with Crippen LogP contribution in [0, 0.1) is 29.6 Å². The molecule has 6 nitrogen and oxygen atoms in total. The fraction of sp³-hybridized carbons (Fsp3) is 0.652. The first-order valence-electron chi connectivity index (χ1n) is 10.6. The molecule has 1 amide bonds. The molecule has 1 aromatic rings. The molecule has 1 aromatic carbocycles. The number of esters is 1. The van der Waals surface area contributed by atoms with Gasteiger partial charge in [-0.1, -0.05) is 31.5 Å². The van der Waals surface area contributed by atoms with Crippen molar-refractivity contribution in [2.45, 2.75) is 65.1 Å². The number of amides is 1. The summed E-state index contributed by atoms with van der Waals surface area (Å²) in [5.74, 6) is 0.243. The Bertz CT molecular complexity index is 793. The minimum absolute atomic E-state index is 0.00556. The second-order valence-electron chi connectivity index (χ2n) is 9.56. The van der Waals surface area contributed by atoms with Gasteiger partial charge in [-0.25, -0.2) is 4.79 Å². The molecular weight excluding hydrogens is 370 g/mol. The van der Waals surface area contributed by atoms with Gasteiger partial charge in [0.2, 0.25) is 0 Å². The summed E-state index contributed by atoms with van der Waals surface area (Å²) in [6, 6.07) is 7.56. The van der Waals surface area contributed by atoms with Crippen molar-refractivity contribution >= 4 is 17.7 Å². The Hall–Kier alpha value is -2.08. The highest BCUT2D eigenvalue weighted by Gasteiger charge is 2.62. The van der Waals surface area contributed by atoms with Crippen LogP contribution in [0.4, 0.5) is 10.5 Å². The smallest absolute Gasteiger partial charge is 0.411 e. The van der Waals surface area contributed by atoms with Crippen LogP contribution in [0.1, 0.15) is 51.5 Å². The predicted octanol–water partition coefficient (Wildman–Crippen LogP) is 4.05. The summed E-state index contributed by atoms with van der Waals surface area (Å²) in [5.41, 5.74) is 1.16. The molecule has 3 fully saturated rings. The van der Waals surface area contributed by atoms with Gasteiger partial charge in [-0.15, -0.1) is 0 Å². The number of hydrogen-bond acceptors (Lipinski definition) is 5. The van der Waals surface area contributed by atoms with Crippen molar-refractivity contribution in [2.75, 3.05) is 11.9 Å². The van der Waals surface area contributed by atoms with Crippen molar-refractivity contribution in [1.29, 1.82) is 0 Å². The van der Waals surface area contributed by atoms with Crippen LogP contribution in [0.5, 0.6) is 0 Å². The van der Waals surface area contributed by atoms with Crippen molar-refractivity contribution < 1.29 is 24.2 Å². The van der Waals surface area contributed by atoms with E-state index < -0.39 is 11.5 Å². The standard InChI is InChI=1S/C23H31NO5/c1-14-4-6-15(7-5-14)24-21(27)29-19-10-11-22(2)16-12-20(26)28-17(16)8-9-18(22)23(19,3)13-25/h4-7,16-19,25H,8-13H2,1-3H3,(H,24,27)/t16-,17+,18+,19+,22-,23+/m1/s1. The maximum Gasteiger partial charge on any atom is 0.411 e.